The first-order valence-electron chi connectivity index (χ1n) is 12.0. The van der Waals surface area contributed by atoms with E-state index < -0.39 is 72.5 Å². The zero-order valence-electron chi connectivity index (χ0n) is 22.4. The number of fused-ring (bicyclic) bond motifs is 1. The summed E-state index contributed by atoms with van der Waals surface area (Å²) in [5.74, 6) is -2.74. The van der Waals surface area contributed by atoms with Gasteiger partial charge in [-0.2, -0.15) is 5.26 Å². The van der Waals surface area contributed by atoms with Crippen molar-refractivity contribution >= 4 is 36.9 Å². The third-order valence-electron chi connectivity index (χ3n) is 5.73. The van der Waals surface area contributed by atoms with Crippen molar-refractivity contribution in [1.29, 1.82) is 5.26 Å². The number of imidazole rings is 1. The topological polar surface area (TPSA) is 164 Å². The lowest BCUT2D eigenvalue weighted by Gasteiger charge is -2.34. The van der Waals surface area contributed by atoms with E-state index in [-0.39, 0.29) is 30.7 Å². The van der Waals surface area contributed by atoms with E-state index in [4.69, 9.17) is 19.3 Å². The van der Waals surface area contributed by atoms with Crippen LogP contribution in [-0.4, -0.2) is 50.3 Å². The number of anilines is 1. The van der Waals surface area contributed by atoms with Crippen molar-refractivity contribution in [2.24, 2.45) is 5.41 Å². The molecule has 15 heteroatoms. The number of phosphoric acid groups is 1. The maximum atomic E-state index is 15.3. The average Bonchev–Trinajstić information content (AvgIpc) is 3.14. The van der Waals surface area contributed by atoms with E-state index in [2.05, 4.69) is 9.51 Å². The van der Waals surface area contributed by atoms with Crippen LogP contribution in [0.4, 0.5) is 19.5 Å². The number of nitrogens with zero attached hydrogens (tertiary/aromatic N) is 4. The van der Waals surface area contributed by atoms with E-state index in [1.54, 1.807) is 47.6 Å². The normalized spacial score (nSPS) is 17.9. The molecule has 0 bridgehead atoms. The molecule has 0 spiro atoms. The minimum Gasteiger partial charge on any atom is -0.431 e. The third-order valence-corrected chi connectivity index (χ3v) is 6.30. The Balaban J connectivity index is 1.94. The minimum absolute atomic E-state index is 0.0342. The van der Waals surface area contributed by atoms with Crippen molar-refractivity contribution in [3.8, 4) is 6.07 Å². The summed E-state index contributed by atoms with van der Waals surface area (Å²) in [5, 5.41) is 9.27. The van der Waals surface area contributed by atoms with Crippen LogP contribution in [0.3, 0.4) is 0 Å². The Bertz CT molecular complexity index is 1360. The second kappa shape index (κ2) is 10.8. The Morgan fingerprint density at radius 1 is 1.21 bits per heavy atom. The summed E-state index contributed by atoms with van der Waals surface area (Å²) in [6, 6.07) is 2.33. The number of phosphoric ester groups is 1. The zero-order chi connectivity index (χ0) is 29.5. The molecule has 214 valence electrons. The number of carbonyl (C=O) groups is 2. The molecule has 0 saturated heterocycles. The van der Waals surface area contributed by atoms with Crippen LogP contribution in [0.5, 0.6) is 0 Å². The Morgan fingerprint density at radius 3 is 2.33 bits per heavy atom. The lowest BCUT2D eigenvalue weighted by atomic mass is 9.92. The number of carbonyl (C=O) groups excluding carboxylic acids is 2. The molecule has 39 heavy (non-hydrogen) atoms. The molecule has 2 aromatic rings. The van der Waals surface area contributed by atoms with Crippen LogP contribution in [0.15, 0.2) is 6.07 Å². The van der Waals surface area contributed by atoms with E-state index in [9.17, 15) is 23.8 Å². The number of ether oxygens (including phenoxy) is 2. The molecule has 1 aromatic heterocycles. The fourth-order valence-electron chi connectivity index (χ4n) is 4.03. The van der Waals surface area contributed by atoms with Crippen LogP contribution in [0.1, 0.15) is 66.4 Å². The second-order valence-corrected chi connectivity index (χ2v) is 12.7. The number of halogens is 2. The van der Waals surface area contributed by atoms with Crippen molar-refractivity contribution in [2.75, 3.05) is 11.6 Å². The predicted molar refractivity (Wildman–Crippen MR) is 133 cm³/mol. The molecule has 12 nitrogen and oxygen atoms in total. The fourth-order valence-corrected chi connectivity index (χ4v) is 4.59. The van der Waals surface area contributed by atoms with E-state index in [0.717, 1.165) is 11.0 Å². The molecule has 1 fully saturated rings. The summed E-state index contributed by atoms with van der Waals surface area (Å²) in [6.07, 6.45) is -2.66. The maximum Gasteiger partial charge on any atom is 0.510 e. The summed E-state index contributed by atoms with van der Waals surface area (Å²) < 4.78 is 57.2. The molecule has 2 N–H and O–H groups in total. The molecule has 0 unspecified atom stereocenters. The minimum atomic E-state index is -4.68. The van der Waals surface area contributed by atoms with Gasteiger partial charge in [-0.25, -0.2) is 28.0 Å². The van der Waals surface area contributed by atoms with Gasteiger partial charge in [0, 0.05) is 24.8 Å². The molecule has 0 atom stereocenters. The van der Waals surface area contributed by atoms with E-state index >= 15 is 4.39 Å². The summed E-state index contributed by atoms with van der Waals surface area (Å²) >= 11 is 0. The molecule has 1 aliphatic rings. The van der Waals surface area contributed by atoms with Gasteiger partial charge in [-0.15, -0.1) is 0 Å². The Hall–Kier alpha value is -3.11. The van der Waals surface area contributed by atoms with Crippen molar-refractivity contribution in [3.63, 3.8) is 0 Å². The highest BCUT2D eigenvalue weighted by molar-refractivity contribution is 7.46. The van der Waals surface area contributed by atoms with E-state index in [1.165, 1.54) is 4.57 Å². The van der Waals surface area contributed by atoms with Crippen LogP contribution in [0.2, 0.25) is 0 Å². The molecule has 3 rings (SSSR count). The van der Waals surface area contributed by atoms with E-state index in [0.29, 0.717) is 0 Å². The number of benzene rings is 1. The van der Waals surface area contributed by atoms with Crippen LogP contribution in [-0.2, 0) is 28.9 Å². The van der Waals surface area contributed by atoms with Gasteiger partial charge in [0.05, 0.1) is 11.7 Å². The Morgan fingerprint density at radius 2 is 1.82 bits per heavy atom. The summed E-state index contributed by atoms with van der Waals surface area (Å²) in [6.45, 7) is 9.70. The number of amides is 1. The Labute approximate surface area is 223 Å². The number of hydrogen-bond donors (Lipinski definition) is 2. The van der Waals surface area contributed by atoms with Crippen LogP contribution < -0.4 is 4.90 Å². The quantitative estimate of drug-likeness (QED) is 0.275. The highest BCUT2D eigenvalue weighted by Crippen LogP contribution is 2.43. The van der Waals surface area contributed by atoms with Gasteiger partial charge in [-0.3, -0.25) is 9.32 Å². The molecule has 1 aromatic carbocycles. The van der Waals surface area contributed by atoms with Gasteiger partial charge in [0.15, 0.2) is 18.4 Å². The van der Waals surface area contributed by atoms with Crippen molar-refractivity contribution in [2.45, 2.75) is 78.6 Å². The van der Waals surface area contributed by atoms with Crippen molar-refractivity contribution in [3.05, 3.63) is 23.3 Å². The molecule has 1 aliphatic carbocycles. The molecular formula is C24H31F2N4O8P. The average molecular weight is 573 g/mol. The molecule has 0 aliphatic heterocycles. The molecular weight excluding hydrogens is 541 g/mol. The largest absolute Gasteiger partial charge is 0.510 e. The maximum absolute atomic E-state index is 15.3. The monoisotopic (exact) mass is 572 g/mol. The van der Waals surface area contributed by atoms with Gasteiger partial charge in [0.1, 0.15) is 23.2 Å². The Kier molecular flexibility index (Phi) is 8.43. The molecule has 1 saturated carbocycles. The molecule has 0 radical (unpaired) electrons. The third kappa shape index (κ3) is 7.30. The number of rotatable bonds is 7. The van der Waals surface area contributed by atoms with Gasteiger partial charge in [-0.1, -0.05) is 20.8 Å². The first-order valence-corrected chi connectivity index (χ1v) is 13.5. The zero-order valence-corrected chi connectivity index (χ0v) is 23.3. The number of hydrogen-bond acceptors (Lipinski definition) is 8. The van der Waals surface area contributed by atoms with E-state index in [1.807, 2.05) is 0 Å². The van der Waals surface area contributed by atoms with Gasteiger partial charge >= 0.3 is 14.0 Å². The summed E-state index contributed by atoms with van der Waals surface area (Å²) in [4.78, 5) is 48.6. The van der Waals surface area contributed by atoms with Crippen LogP contribution in [0.25, 0.3) is 11.0 Å². The fraction of sp³-hybridized carbons (Fsp3) is 0.583. The highest BCUT2D eigenvalue weighted by atomic mass is 31.2. The number of nitriles is 1. The molecule has 1 heterocycles. The predicted octanol–water partition coefficient (Wildman–Crippen LogP) is 4.46. The first kappa shape index (κ1) is 30.4. The lowest BCUT2D eigenvalue weighted by Crippen LogP contribution is -2.41. The standard InChI is InChI=1S/C24H31F2N4O8P/c1-23(2,3)10-17(31)29(12-36-22(32)37-14-8-15(9-14)38-39(33,34)35)21-28-19-16(25)7-13(11-27)18(26)20(19)30(21)24(4,5)6/h7,14-15H,8-10,12H2,1-6H3,(H2,33,34,35). The highest BCUT2D eigenvalue weighted by Gasteiger charge is 2.38. The second-order valence-electron chi connectivity index (χ2n) is 11.5. The van der Waals surface area contributed by atoms with Crippen LogP contribution >= 0.6 is 7.82 Å². The first-order chi connectivity index (χ1) is 17.8. The number of aromatic nitrogens is 2. The smallest absolute Gasteiger partial charge is 0.431 e. The summed E-state index contributed by atoms with van der Waals surface area (Å²) in [7, 11) is -4.68. The van der Waals surface area contributed by atoms with Gasteiger partial charge in [0.25, 0.3) is 0 Å². The van der Waals surface area contributed by atoms with Crippen molar-refractivity contribution < 1.29 is 46.7 Å². The molecule has 1 amide bonds. The van der Waals surface area contributed by atoms with Crippen molar-refractivity contribution in [1.82, 2.24) is 9.55 Å². The van der Waals surface area contributed by atoms with Gasteiger partial charge in [-0.05, 0) is 32.3 Å². The SMILES string of the molecule is CC(C)(C)CC(=O)N(COC(=O)OC1CC(OP(=O)(O)O)C1)c1nc2c(F)cc(C#N)c(F)c2n1C(C)(C)C. The van der Waals surface area contributed by atoms with Gasteiger partial charge < -0.3 is 23.8 Å². The van der Waals surface area contributed by atoms with Crippen LogP contribution in [0, 0.1) is 28.4 Å². The lowest BCUT2D eigenvalue weighted by molar-refractivity contribution is -0.121. The van der Waals surface area contributed by atoms with Gasteiger partial charge in [0.2, 0.25) is 11.9 Å². The summed E-state index contributed by atoms with van der Waals surface area (Å²) in [5.41, 5.74) is -2.75.